The molecule has 0 aromatic heterocycles. The molecule has 0 aliphatic carbocycles. The van der Waals surface area contributed by atoms with E-state index in [1.54, 1.807) is 31.2 Å². The SMILES string of the molecule is [2H][C@@](CCc1ccccc1)(N[C@@H](Cc1ccc(C#N)cc1)C(=O)N1CCC[C@H]1C(=O)OCc1ccccc1)C(=O)OCC. The van der Waals surface area contributed by atoms with Crippen LogP contribution in [0.5, 0.6) is 0 Å². The third-order valence-electron chi connectivity index (χ3n) is 7.23. The Balaban J connectivity index is 1.58. The van der Waals surface area contributed by atoms with Gasteiger partial charge in [0.25, 0.3) is 0 Å². The Morgan fingerprint density at radius 1 is 0.976 bits per heavy atom. The molecule has 42 heavy (non-hydrogen) atoms. The van der Waals surface area contributed by atoms with Gasteiger partial charge in [-0.05, 0) is 67.9 Å². The second-order valence-corrected chi connectivity index (χ2v) is 10.2. The molecule has 1 aliphatic rings. The van der Waals surface area contributed by atoms with E-state index in [1.807, 2.05) is 60.7 Å². The van der Waals surface area contributed by atoms with E-state index < -0.39 is 35.9 Å². The molecule has 0 unspecified atom stereocenters. The van der Waals surface area contributed by atoms with Gasteiger partial charge < -0.3 is 14.4 Å². The molecule has 8 heteroatoms. The van der Waals surface area contributed by atoms with Crippen LogP contribution < -0.4 is 5.32 Å². The summed E-state index contributed by atoms with van der Waals surface area (Å²) in [7, 11) is 0. The molecule has 4 rings (SSSR count). The van der Waals surface area contributed by atoms with Gasteiger partial charge in [-0.15, -0.1) is 0 Å². The minimum absolute atomic E-state index is 0.0650. The van der Waals surface area contributed by atoms with Gasteiger partial charge in [-0.1, -0.05) is 72.8 Å². The second kappa shape index (κ2) is 15.5. The number of rotatable bonds is 13. The van der Waals surface area contributed by atoms with Crippen molar-refractivity contribution in [3.63, 3.8) is 0 Å². The van der Waals surface area contributed by atoms with Crippen molar-refractivity contribution < 1.29 is 25.2 Å². The van der Waals surface area contributed by atoms with Crippen LogP contribution in [-0.4, -0.2) is 54.0 Å². The molecule has 3 atom stereocenters. The van der Waals surface area contributed by atoms with Crippen molar-refractivity contribution in [2.75, 3.05) is 13.2 Å². The molecular weight excluding hydrogens is 530 g/mol. The monoisotopic (exact) mass is 568 g/mol. The Labute approximate surface area is 248 Å². The highest BCUT2D eigenvalue weighted by molar-refractivity contribution is 5.89. The minimum atomic E-state index is -1.93. The van der Waals surface area contributed by atoms with Gasteiger partial charge in [0.1, 0.15) is 18.7 Å². The third kappa shape index (κ3) is 8.51. The van der Waals surface area contributed by atoms with Crippen LogP contribution in [0, 0.1) is 11.3 Å². The number of likely N-dealkylation sites (tertiary alicyclic amines) is 1. The fraction of sp³-hybridized carbons (Fsp3) is 0.353. The summed E-state index contributed by atoms with van der Waals surface area (Å²) < 4.78 is 20.1. The van der Waals surface area contributed by atoms with Gasteiger partial charge in [-0.3, -0.25) is 14.9 Å². The van der Waals surface area contributed by atoms with Gasteiger partial charge in [0, 0.05) is 6.54 Å². The zero-order chi connectivity index (χ0) is 30.7. The van der Waals surface area contributed by atoms with Gasteiger partial charge in [0.15, 0.2) is 0 Å². The van der Waals surface area contributed by atoms with Crippen LogP contribution >= 0.6 is 0 Å². The third-order valence-corrected chi connectivity index (χ3v) is 7.23. The summed E-state index contributed by atoms with van der Waals surface area (Å²) in [6, 6.07) is 24.0. The lowest BCUT2D eigenvalue weighted by atomic mass is 10.00. The lowest BCUT2D eigenvalue weighted by molar-refractivity contribution is -0.155. The molecule has 0 spiro atoms. The van der Waals surface area contributed by atoms with E-state index in [1.165, 1.54) is 4.90 Å². The largest absolute Gasteiger partial charge is 0.465 e. The maximum atomic E-state index is 14.2. The van der Waals surface area contributed by atoms with E-state index in [-0.39, 0.29) is 26.1 Å². The topological polar surface area (TPSA) is 109 Å². The molecule has 1 amide bonds. The van der Waals surface area contributed by atoms with Crippen molar-refractivity contribution in [3.8, 4) is 6.07 Å². The molecule has 0 radical (unpaired) electrons. The van der Waals surface area contributed by atoms with Crippen LogP contribution in [0.3, 0.4) is 0 Å². The van der Waals surface area contributed by atoms with Crippen LogP contribution in [0.4, 0.5) is 0 Å². The molecule has 1 aliphatic heterocycles. The van der Waals surface area contributed by atoms with Crippen molar-refractivity contribution in [3.05, 3.63) is 107 Å². The Kier molecular flexibility index (Phi) is 10.7. The average Bonchev–Trinajstić information content (AvgIpc) is 3.54. The van der Waals surface area contributed by atoms with Gasteiger partial charge in [0.05, 0.1) is 25.7 Å². The number of benzene rings is 3. The molecule has 1 fully saturated rings. The predicted molar refractivity (Wildman–Crippen MR) is 158 cm³/mol. The van der Waals surface area contributed by atoms with E-state index in [0.29, 0.717) is 31.4 Å². The van der Waals surface area contributed by atoms with E-state index in [9.17, 15) is 21.0 Å². The number of aryl methyl sites for hydroxylation is 1. The smallest absolute Gasteiger partial charge is 0.329 e. The number of hydrogen-bond donors (Lipinski definition) is 1. The molecule has 3 aromatic carbocycles. The molecule has 1 heterocycles. The number of ether oxygens (including phenoxy) is 2. The standard InChI is InChI=1S/C34H37N3O5/c1-2-41-33(39)29(20-19-25-10-5-3-6-11-25)36-30(22-26-15-17-27(23-35)18-16-26)32(38)37-21-9-14-31(37)34(40)42-24-28-12-7-4-8-13-28/h3-8,10-13,15-18,29-31,36H,2,9,14,19-22,24H2,1H3/t29-,30-,31-/m0/s1/i29D. The summed E-state index contributed by atoms with van der Waals surface area (Å²) in [6.07, 6.45) is 1.69. The number of amides is 1. The van der Waals surface area contributed by atoms with E-state index in [0.717, 1.165) is 16.7 Å². The molecule has 1 N–H and O–H groups in total. The Hall–Kier alpha value is -4.48. The van der Waals surface area contributed by atoms with Crippen molar-refractivity contribution in [1.82, 2.24) is 10.2 Å². The second-order valence-electron chi connectivity index (χ2n) is 10.2. The summed E-state index contributed by atoms with van der Waals surface area (Å²) >= 11 is 0. The van der Waals surface area contributed by atoms with Crippen molar-refractivity contribution >= 4 is 17.8 Å². The fourth-order valence-electron chi connectivity index (χ4n) is 5.03. The first-order valence-electron chi connectivity index (χ1n) is 14.8. The molecule has 8 nitrogen and oxygen atoms in total. The first-order valence-corrected chi connectivity index (χ1v) is 14.3. The lowest BCUT2D eigenvalue weighted by Gasteiger charge is -2.30. The van der Waals surface area contributed by atoms with E-state index in [4.69, 9.17) is 9.47 Å². The van der Waals surface area contributed by atoms with Gasteiger partial charge in [0.2, 0.25) is 5.91 Å². The van der Waals surface area contributed by atoms with E-state index in [2.05, 4.69) is 11.4 Å². The van der Waals surface area contributed by atoms with Crippen molar-refractivity contribution in [2.45, 2.75) is 63.7 Å². The average molecular weight is 569 g/mol. The van der Waals surface area contributed by atoms with Crippen molar-refractivity contribution in [2.24, 2.45) is 0 Å². The first-order chi connectivity index (χ1) is 20.8. The van der Waals surface area contributed by atoms with Gasteiger partial charge in [-0.25, -0.2) is 4.79 Å². The zero-order valence-corrected chi connectivity index (χ0v) is 23.8. The zero-order valence-electron chi connectivity index (χ0n) is 24.8. The Morgan fingerprint density at radius 3 is 2.29 bits per heavy atom. The maximum absolute atomic E-state index is 14.2. The number of nitriles is 1. The highest BCUT2D eigenvalue weighted by Gasteiger charge is 2.39. The van der Waals surface area contributed by atoms with Gasteiger partial charge >= 0.3 is 11.9 Å². The molecular formula is C34H37N3O5. The Bertz CT molecular complexity index is 1410. The van der Waals surface area contributed by atoms with E-state index >= 15 is 0 Å². The lowest BCUT2D eigenvalue weighted by Crippen LogP contribution is -2.55. The predicted octanol–water partition coefficient (Wildman–Crippen LogP) is 4.36. The normalized spacial score (nSPS) is 16.9. The van der Waals surface area contributed by atoms with Crippen LogP contribution in [0.15, 0.2) is 84.9 Å². The number of hydrogen-bond acceptors (Lipinski definition) is 7. The quantitative estimate of drug-likeness (QED) is 0.305. The summed E-state index contributed by atoms with van der Waals surface area (Å²) in [5.41, 5.74) is 3.01. The van der Waals surface area contributed by atoms with Crippen molar-refractivity contribution in [1.29, 1.82) is 5.26 Å². The number of esters is 2. The summed E-state index contributed by atoms with van der Waals surface area (Å²) in [5, 5.41) is 12.3. The first kappa shape index (κ1) is 29.0. The number of carbonyl (C=O) groups excluding carboxylic acids is 3. The number of nitrogens with zero attached hydrogens (tertiary/aromatic N) is 2. The molecule has 0 bridgehead atoms. The molecule has 218 valence electrons. The molecule has 1 saturated heterocycles. The maximum Gasteiger partial charge on any atom is 0.329 e. The molecule has 3 aromatic rings. The number of nitrogens with one attached hydrogen (secondary N) is 1. The summed E-state index contributed by atoms with van der Waals surface area (Å²) in [6.45, 7) is 2.21. The fourth-order valence-corrected chi connectivity index (χ4v) is 5.03. The summed E-state index contributed by atoms with van der Waals surface area (Å²) in [4.78, 5) is 42.0. The highest BCUT2D eigenvalue weighted by atomic mass is 16.5. The van der Waals surface area contributed by atoms with Gasteiger partial charge in [-0.2, -0.15) is 5.26 Å². The van der Waals surface area contributed by atoms with Crippen LogP contribution in [0.25, 0.3) is 0 Å². The molecule has 0 saturated carbocycles. The minimum Gasteiger partial charge on any atom is -0.465 e. The van der Waals surface area contributed by atoms with Crippen LogP contribution in [-0.2, 0) is 43.3 Å². The van der Waals surface area contributed by atoms with Crippen LogP contribution in [0.2, 0.25) is 0 Å². The number of carbonyl (C=O) groups is 3. The highest BCUT2D eigenvalue weighted by Crippen LogP contribution is 2.22. The summed E-state index contributed by atoms with van der Waals surface area (Å²) in [5.74, 6) is -1.66. The Morgan fingerprint density at radius 2 is 1.64 bits per heavy atom. The van der Waals surface area contributed by atoms with Crippen LogP contribution in [0.1, 0.15) is 49.8 Å².